The van der Waals surface area contributed by atoms with Crippen LogP contribution in [0.5, 0.6) is 0 Å². The number of fused-ring (bicyclic) bond motifs is 1. The lowest BCUT2D eigenvalue weighted by atomic mass is 9.70. The number of halogens is 1. The zero-order valence-electron chi connectivity index (χ0n) is 29.3. The number of allylic oxidation sites excluding steroid dienone is 1. The molecule has 3 aliphatic heterocycles. The van der Waals surface area contributed by atoms with Crippen LogP contribution in [0.1, 0.15) is 62.6 Å². The minimum atomic E-state index is -1.30. The summed E-state index contributed by atoms with van der Waals surface area (Å²) in [5, 5.41) is 13.9. The van der Waals surface area contributed by atoms with Gasteiger partial charge >= 0.3 is 5.97 Å². The van der Waals surface area contributed by atoms with Gasteiger partial charge in [0.2, 0.25) is 17.7 Å². The number of nitrogens with one attached hydrogen (secondary N) is 1. The molecule has 11 heteroatoms. The molecule has 274 valence electrons. The van der Waals surface area contributed by atoms with Gasteiger partial charge in [-0.1, -0.05) is 109 Å². The van der Waals surface area contributed by atoms with Gasteiger partial charge in [0.15, 0.2) is 0 Å². The van der Waals surface area contributed by atoms with Crippen molar-refractivity contribution in [2.45, 2.75) is 86.5 Å². The van der Waals surface area contributed by atoms with Crippen LogP contribution in [0.4, 0.5) is 0 Å². The SMILES string of the molecule is C=CCCC(=O)OC[C@@H](NC(=O)[C@@H]1[C@H]2O[C@@]3(CC2Br)[C@H](C(=O)N(CC=C)CCCCC)N([C@@H](CO)Cc2ccccc2)C(=O)[C@@H]13)c1ccccc1. The lowest BCUT2D eigenvalue weighted by molar-refractivity contribution is -0.151. The van der Waals surface area contributed by atoms with E-state index in [9.17, 15) is 24.3 Å². The molecule has 3 aliphatic rings. The minimum Gasteiger partial charge on any atom is -0.463 e. The summed E-state index contributed by atoms with van der Waals surface area (Å²) in [5.41, 5.74) is 0.337. The predicted molar refractivity (Wildman–Crippen MR) is 198 cm³/mol. The van der Waals surface area contributed by atoms with E-state index in [2.05, 4.69) is 41.3 Å². The number of hydrogen-bond acceptors (Lipinski definition) is 7. The number of carbonyl (C=O) groups excluding carboxylic acids is 4. The number of alkyl halides is 1. The van der Waals surface area contributed by atoms with E-state index in [1.807, 2.05) is 60.7 Å². The fourth-order valence-electron chi connectivity index (χ4n) is 7.99. The Bertz CT molecular complexity index is 1540. The summed E-state index contributed by atoms with van der Waals surface area (Å²) in [7, 11) is 0. The van der Waals surface area contributed by atoms with E-state index in [0.717, 1.165) is 30.4 Å². The first-order valence-electron chi connectivity index (χ1n) is 18.0. The number of amides is 3. The van der Waals surface area contributed by atoms with Crippen molar-refractivity contribution in [2.75, 3.05) is 26.3 Å². The van der Waals surface area contributed by atoms with Crippen molar-refractivity contribution in [3.05, 3.63) is 97.1 Å². The largest absolute Gasteiger partial charge is 0.463 e. The Morgan fingerprint density at radius 2 is 1.82 bits per heavy atom. The highest BCUT2D eigenvalue weighted by molar-refractivity contribution is 9.09. The normalized spacial score (nSPS) is 25.9. The highest BCUT2D eigenvalue weighted by Gasteiger charge is 2.77. The van der Waals surface area contributed by atoms with Crippen molar-refractivity contribution < 1.29 is 33.8 Å². The fourth-order valence-corrected chi connectivity index (χ4v) is 8.94. The lowest BCUT2D eigenvalue weighted by Crippen LogP contribution is -2.59. The zero-order chi connectivity index (χ0) is 36.5. The molecule has 2 N–H and O–H groups in total. The van der Waals surface area contributed by atoms with Crippen LogP contribution in [0.25, 0.3) is 0 Å². The van der Waals surface area contributed by atoms with E-state index in [0.29, 0.717) is 32.4 Å². The molecular weight excluding hydrogens is 714 g/mol. The average molecular weight is 765 g/mol. The van der Waals surface area contributed by atoms with E-state index in [-0.39, 0.29) is 36.3 Å². The molecular formula is C40H50BrN3O7. The van der Waals surface area contributed by atoms with Gasteiger partial charge < -0.3 is 29.7 Å². The van der Waals surface area contributed by atoms with E-state index in [1.54, 1.807) is 17.1 Å². The molecule has 3 heterocycles. The van der Waals surface area contributed by atoms with Crippen LogP contribution in [-0.4, -0.2) is 93.5 Å². The molecule has 51 heavy (non-hydrogen) atoms. The molecule has 0 radical (unpaired) electrons. The molecule has 2 aromatic carbocycles. The third-order valence-electron chi connectivity index (χ3n) is 10.4. The van der Waals surface area contributed by atoms with Gasteiger partial charge in [-0.25, -0.2) is 0 Å². The van der Waals surface area contributed by atoms with Crippen molar-refractivity contribution >= 4 is 39.6 Å². The second-order valence-electron chi connectivity index (χ2n) is 13.7. The molecule has 10 nitrogen and oxygen atoms in total. The van der Waals surface area contributed by atoms with Gasteiger partial charge in [0.25, 0.3) is 0 Å². The summed E-state index contributed by atoms with van der Waals surface area (Å²) < 4.78 is 12.3. The van der Waals surface area contributed by atoms with Crippen LogP contribution in [-0.2, 0) is 35.1 Å². The molecule has 5 rings (SSSR count). The van der Waals surface area contributed by atoms with Crippen LogP contribution in [0.2, 0.25) is 0 Å². The van der Waals surface area contributed by atoms with Crippen LogP contribution in [0.3, 0.4) is 0 Å². The van der Waals surface area contributed by atoms with E-state index in [4.69, 9.17) is 9.47 Å². The van der Waals surface area contributed by atoms with Crippen molar-refractivity contribution in [1.29, 1.82) is 0 Å². The van der Waals surface area contributed by atoms with Gasteiger partial charge in [0, 0.05) is 24.3 Å². The Morgan fingerprint density at radius 3 is 2.47 bits per heavy atom. The Hall–Kier alpha value is -3.80. The Kier molecular flexibility index (Phi) is 13.3. The van der Waals surface area contributed by atoms with Crippen molar-refractivity contribution in [3.8, 4) is 0 Å². The van der Waals surface area contributed by atoms with Gasteiger partial charge in [0.05, 0.1) is 36.6 Å². The average Bonchev–Trinajstić information content (AvgIpc) is 3.74. The molecule has 3 fully saturated rings. The zero-order valence-corrected chi connectivity index (χ0v) is 30.9. The van der Waals surface area contributed by atoms with Gasteiger partial charge in [0.1, 0.15) is 18.2 Å². The molecule has 1 unspecified atom stereocenters. The molecule has 3 saturated heterocycles. The maximum absolute atomic E-state index is 14.9. The smallest absolute Gasteiger partial charge is 0.306 e. The summed E-state index contributed by atoms with van der Waals surface area (Å²) in [5.74, 6) is -3.41. The monoisotopic (exact) mass is 763 g/mol. The summed E-state index contributed by atoms with van der Waals surface area (Å²) >= 11 is 3.76. The van der Waals surface area contributed by atoms with E-state index in [1.165, 1.54) is 4.90 Å². The van der Waals surface area contributed by atoms with Gasteiger partial charge in [-0.05, 0) is 36.8 Å². The minimum absolute atomic E-state index is 0.101. The summed E-state index contributed by atoms with van der Waals surface area (Å²) in [6.45, 7) is 9.93. The number of likely N-dealkylation sites (tertiary alicyclic amines) is 1. The molecule has 2 aromatic rings. The highest BCUT2D eigenvalue weighted by atomic mass is 79.9. The number of aliphatic hydroxyl groups is 1. The quantitative estimate of drug-likeness (QED) is 0.0902. The number of ether oxygens (including phenoxy) is 2. The maximum Gasteiger partial charge on any atom is 0.306 e. The molecule has 0 saturated carbocycles. The van der Waals surface area contributed by atoms with Gasteiger partial charge in [-0.3, -0.25) is 19.2 Å². The third kappa shape index (κ3) is 8.16. The molecule has 1 spiro atoms. The maximum atomic E-state index is 14.9. The number of nitrogens with zero attached hydrogens (tertiary/aromatic N) is 2. The van der Waals surface area contributed by atoms with Crippen LogP contribution in [0.15, 0.2) is 86.0 Å². The summed E-state index contributed by atoms with van der Waals surface area (Å²) in [4.78, 5) is 59.6. The predicted octanol–water partition coefficient (Wildman–Crippen LogP) is 4.91. The number of benzene rings is 2. The number of carbonyl (C=O) groups is 4. The topological polar surface area (TPSA) is 125 Å². The summed E-state index contributed by atoms with van der Waals surface area (Å²) in [6.07, 6.45) is 6.64. The van der Waals surface area contributed by atoms with Crippen molar-refractivity contribution in [2.24, 2.45) is 11.8 Å². The number of aliphatic hydroxyl groups excluding tert-OH is 1. The van der Waals surface area contributed by atoms with Gasteiger partial charge in [-0.2, -0.15) is 0 Å². The standard InChI is InChI=1S/C40H50BrN3O7/c1-4-7-15-22-43(21-6-3)39(49)36-40-24-30(41)35(51-40)33(34(40)38(48)44(36)29(25-45)23-27-16-11-9-12-17-27)37(47)42-31(28-18-13-10-14-19-28)26-50-32(46)20-8-5-2/h5-6,9-14,16-19,29-31,33-36,45H,2-4,7-8,15,20-26H2,1H3,(H,42,47)/t29-,30?,31-,33+,34-,35+,36+,40-/m1/s1. The van der Waals surface area contributed by atoms with Crippen LogP contribution < -0.4 is 5.32 Å². The Morgan fingerprint density at radius 1 is 1.12 bits per heavy atom. The van der Waals surface area contributed by atoms with Gasteiger partial charge in [-0.15, -0.1) is 13.2 Å². The lowest BCUT2D eigenvalue weighted by Gasteiger charge is -2.39. The van der Waals surface area contributed by atoms with E-state index < -0.39 is 53.5 Å². The summed E-state index contributed by atoms with van der Waals surface area (Å²) in [6, 6.07) is 16.3. The Labute approximate surface area is 309 Å². The molecule has 3 amide bonds. The van der Waals surface area contributed by atoms with Crippen molar-refractivity contribution in [3.63, 3.8) is 0 Å². The second kappa shape index (κ2) is 17.6. The fraction of sp³-hybridized carbons (Fsp3) is 0.500. The van der Waals surface area contributed by atoms with Crippen LogP contribution >= 0.6 is 15.9 Å². The number of hydrogen-bond donors (Lipinski definition) is 2. The van der Waals surface area contributed by atoms with Crippen LogP contribution in [0, 0.1) is 11.8 Å². The van der Waals surface area contributed by atoms with Crippen molar-refractivity contribution in [1.82, 2.24) is 15.1 Å². The number of esters is 1. The highest BCUT2D eigenvalue weighted by Crippen LogP contribution is 2.60. The molecule has 0 aliphatic carbocycles. The van der Waals surface area contributed by atoms with E-state index >= 15 is 0 Å². The first-order valence-corrected chi connectivity index (χ1v) is 18.9. The first-order chi connectivity index (χ1) is 24.7. The molecule has 2 bridgehead atoms. The Balaban J connectivity index is 1.50. The molecule has 8 atom stereocenters. The third-order valence-corrected chi connectivity index (χ3v) is 11.2. The molecule has 0 aromatic heterocycles. The number of rotatable bonds is 19. The first kappa shape index (κ1) is 38.4. The second-order valence-corrected chi connectivity index (χ2v) is 14.9. The number of unbranched alkanes of at least 4 members (excludes halogenated alkanes) is 2.